The molecule has 212 valence electrons. The SMILES string of the molecule is CC(C)(C)S(=O)(=O)C/C(=C\C(F)(F)F)N1C(=O)[C@H](CC(N)=O)O[C@H](c2cccc(Cl)c2)[C@H]1c1ccc(Cl)cc1. The Bertz CT molecular complexity index is 1370. The van der Waals surface area contributed by atoms with Crippen molar-refractivity contribution in [2.45, 2.75) is 56.4 Å². The van der Waals surface area contributed by atoms with E-state index in [9.17, 15) is 31.2 Å². The van der Waals surface area contributed by atoms with Crippen molar-refractivity contribution in [3.8, 4) is 0 Å². The van der Waals surface area contributed by atoms with Crippen molar-refractivity contribution in [1.29, 1.82) is 0 Å². The minimum Gasteiger partial charge on any atom is -0.370 e. The van der Waals surface area contributed by atoms with E-state index >= 15 is 0 Å². The molecule has 3 atom stereocenters. The van der Waals surface area contributed by atoms with Gasteiger partial charge in [0.25, 0.3) is 5.91 Å². The van der Waals surface area contributed by atoms with Gasteiger partial charge in [0, 0.05) is 21.8 Å². The monoisotopic (exact) mass is 606 g/mol. The number of sulfone groups is 1. The van der Waals surface area contributed by atoms with Crippen LogP contribution in [-0.4, -0.2) is 47.9 Å². The number of allylic oxidation sites excluding steroid dienone is 1. The summed E-state index contributed by atoms with van der Waals surface area (Å²) < 4.78 is 72.5. The maximum absolute atomic E-state index is 13.9. The summed E-state index contributed by atoms with van der Waals surface area (Å²) in [6.07, 6.45) is -8.61. The Morgan fingerprint density at radius 2 is 1.67 bits per heavy atom. The summed E-state index contributed by atoms with van der Waals surface area (Å²) in [5.74, 6) is -3.10. The molecule has 1 fully saturated rings. The molecule has 7 nitrogen and oxygen atoms in total. The third-order valence-electron chi connectivity index (χ3n) is 6.07. The number of ether oxygens (including phenoxy) is 1. The molecule has 0 radical (unpaired) electrons. The van der Waals surface area contributed by atoms with Gasteiger partial charge in [-0.25, -0.2) is 8.42 Å². The van der Waals surface area contributed by atoms with Crippen LogP contribution in [0.15, 0.2) is 60.3 Å². The number of halogens is 5. The van der Waals surface area contributed by atoms with Gasteiger partial charge in [0.2, 0.25) is 5.91 Å². The lowest BCUT2D eigenvalue weighted by atomic mass is 9.90. The number of nitrogens with two attached hydrogens (primary N) is 1. The lowest BCUT2D eigenvalue weighted by molar-refractivity contribution is -0.172. The predicted molar refractivity (Wildman–Crippen MR) is 142 cm³/mol. The lowest BCUT2D eigenvalue weighted by Crippen LogP contribution is -2.52. The molecule has 0 unspecified atom stereocenters. The molecule has 3 rings (SSSR count). The predicted octanol–water partition coefficient (Wildman–Crippen LogP) is 5.54. The van der Waals surface area contributed by atoms with E-state index in [2.05, 4.69) is 0 Å². The topological polar surface area (TPSA) is 107 Å². The number of carbonyl (C=O) groups excluding carboxylic acids is 2. The van der Waals surface area contributed by atoms with E-state index in [4.69, 9.17) is 33.7 Å². The largest absolute Gasteiger partial charge is 0.411 e. The van der Waals surface area contributed by atoms with Crippen molar-refractivity contribution >= 4 is 44.9 Å². The van der Waals surface area contributed by atoms with Crippen molar-refractivity contribution in [3.05, 3.63) is 81.5 Å². The van der Waals surface area contributed by atoms with E-state index in [1.807, 2.05) is 0 Å². The molecule has 1 heterocycles. The molecule has 0 spiro atoms. The normalized spacial score (nSPS) is 21.2. The van der Waals surface area contributed by atoms with Gasteiger partial charge in [0.15, 0.2) is 9.84 Å². The minimum atomic E-state index is -4.99. The molecule has 0 aliphatic carbocycles. The molecule has 2 amide bonds. The average Bonchev–Trinajstić information content (AvgIpc) is 2.78. The Kier molecular flexibility index (Phi) is 9.11. The second-order valence-corrected chi connectivity index (χ2v) is 13.6. The second kappa shape index (κ2) is 11.5. The van der Waals surface area contributed by atoms with Crippen LogP contribution >= 0.6 is 23.2 Å². The van der Waals surface area contributed by atoms with E-state index in [-0.39, 0.29) is 11.1 Å². The molecule has 0 saturated carbocycles. The smallest absolute Gasteiger partial charge is 0.370 e. The van der Waals surface area contributed by atoms with Gasteiger partial charge in [-0.05, 0) is 56.2 Å². The van der Waals surface area contributed by atoms with Crippen LogP contribution in [0.25, 0.3) is 0 Å². The molecule has 2 aromatic carbocycles. The zero-order chi connectivity index (χ0) is 29.3. The summed E-state index contributed by atoms with van der Waals surface area (Å²) in [7, 11) is -4.22. The maximum Gasteiger partial charge on any atom is 0.411 e. The van der Waals surface area contributed by atoms with Gasteiger partial charge in [-0.1, -0.05) is 47.5 Å². The highest BCUT2D eigenvalue weighted by molar-refractivity contribution is 7.92. The molecule has 1 saturated heterocycles. The molecule has 13 heteroatoms. The molecular formula is C26H27Cl2F3N2O5S. The number of primary amides is 1. The molecule has 0 aromatic heterocycles. The van der Waals surface area contributed by atoms with Gasteiger partial charge in [0.05, 0.1) is 23.0 Å². The number of hydrogen-bond donors (Lipinski definition) is 1. The second-order valence-electron chi connectivity index (χ2n) is 10.0. The van der Waals surface area contributed by atoms with Gasteiger partial charge in [-0.3, -0.25) is 9.59 Å². The Morgan fingerprint density at radius 1 is 1.05 bits per heavy atom. The summed E-state index contributed by atoms with van der Waals surface area (Å²) in [6, 6.07) is 10.9. The molecule has 1 aliphatic heterocycles. The van der Waals surface area contributed by atoms with Crippen LogP contribution in [-0.2, 0) is 24.2 Å². The molecule has 39 heavy (non-hydrogen) atoms. The van der Waals surface area contributed by atoms with Crippen LogP contribution in [0.2, 0.25) is 10.0 Å². The molecule has 2 N–H and O–H groups in total. The van der Waals surface area contributed by atoms with Crippen molar-refractivity contribution < 1.29 is 35.9 Å². The maximum atomic E-state index is 13.9. The molecule has 1 aliphatic rings. The van der Waals surface area contributed by atoms with E-state index in [0.717, 1.165) is 4.90 Å². The fraction of sp³-hybridized carbons (Fsp3) is 0.385. The number of amides is 2. The third kappa shape index (κ3) is 7.53. The first-order chi connectivity index (χ1) is 17.9. The van der Waals surface area contributed by atoms with E-state index in [1.54, 1.807) is 18.2 Å². The first kappa shape index (κ1) is 30.9. The highest BCUT2D eigenvalue weighted by Crippen LogP contribution is 2.46. The van der Waals surface area contributed by atoms with Crippen molar-refractivity contribution in [1.82, 2.24) is 4.90 Å². The van der Waals surface area contributed by atoms with Gasteiger partial charge < -0.3 is 15.4 Å². The number of benzene rings is 2. The fourth-order valence-electron chi connectivity index (χ4n) is 4.08. The van der Waals surface area contributed by atoms with E-state index in [0.29, 0.717) is 16.1 Å². The highest BCUT2D eigenvalue weighted by Gasteiger charge is 2.48. The number of morpholine rings is 1. The van der Waals surface area contributed by atoms with Crippen LogP contribution in [0.5, 0.6) is 0 Å². The highest BCUT2D eigenvalue weighted by atomic mass is 35.5. The first-order valence-electron chi connectivity index (χ1n) is 11.7. The fourth-order valence-corrected chi connectivity index (χ4v) is 5.45. The zero-order valence-electron chi connectivity index (χ0n) is 21.2. The van der Waals surface area contributed by atoms with Crippen LogP contribution in [0.4, 0.5) is 13.2 Å². The number of rotatable bonds is 7. The van der Waals surface area contributed by atoms with Crippen LogP contribution in [0.3, 0.4) is 0 Å². The minimum absolute atomic E-state index is 0.210. The van der Waals surface area contributed by atoms with Crippen molar-refractivity contribution in [2.24, 2.45) is 5.73 Å². The van der Waals surface area contributed by atoms with Crippen molar-refractivity contribution in [3.63, 3.8) is 0 Å². The van der Waals surface area contributed by atoms with E-state index in [1.165, 1.54) is 51.1 Å². The Morgan fingerprint density at radius 3 is 2.18 bits per heavy atom. The summed E-state index contributed by atoms with van der Waals surface area (Å²) in [5.41, 5.74) is 5.17. The number of alkyl halides is 3. The van der Waals surface area contributed by atoms with Gasteiger partial charge in [-0.2, -0.15) is 13.2 Å². The molecule has 0 bridgehead atoms. The number of hydrogen-bond acceptors (Lipinski definition) is 5. The van der Waals surface area contributed by atoms with Crippen LogP contribution < -0.4 is 5.73 Å². The summed E-state index contributed by atoms with van der Waals surface area (Å²) >= 11 is 12.2. The molecular weight excluding hydrogens is 580 g/mol. The Hall–Kier alpha value is -2.60. The quantitative estimate of drug-likeness (QED) is 0.445. The van der Waals surface area contributed by atoms with Crippen molar-refractivity contribution in [2.75, 3.05) is 5.75 Å². The Balaban J connectivity index is 2.34. The summed E-state index contributed by atoms with van der Waals surface area (Å²) in [5, 5.41) is 0.600. The zero-order valence-corrected chi connectivity index (χ0v) is 23.5. The average molecular weight is 607 g/mol. The molecule has 2 aromatic rings. The Labute approximate surface area is 234 Å². The van der Waals surface area contributed by atoms with Crippen LogP contribution in [0, 0.1) is 0 Å². The standard InChI is InChI=1S/C26H27Cl2F3N2O5S/c1-25(2,3)39(36,37)14-19(13-26(29,30)31)33-22(15-7-9-17(27)10-8-15)23(16-5-4-6-18(28)11-16)38-20(24(33)35)12-21(32)34/h4-11,13,20,22-23H,12,14H2,1-3H3,(H2,32,34)/b19-13+/t20-,22+,23+/m0/s1. The van der Waals surface area contributed by atoms with Gasteiger partial charge in [0.1, 0.15) is 12.2 Å². The van der Waals surface area contributed by atoms with Gasteiger partial charge in [-0.15, -0.1) is 0 Å². The van der Waals surface area contributed by atoms with Gasteiger partial charge >= 0.3 is 6.18 Å². The van der Waals surface area contributed by atoms with Crippen LogP contribution in [0.1, 0.15) is 50.5 Å². The lowest BCUT2D eigenvalue weighted by Gasteiger charge is -2.45. The first-order valence-corrected chi connectivity index (χ1v) is 14.1. The number of nitrogens with zero attached hydrogens (tertiary/aromatic N) is 1. The van der Waals surface area contributed by atoms with E-state index < -0.39 is 68.7 Å². The third-order valence-corrected chi connectivity index (χ3v) is 9.10. The summed E-state index contributed by atoms with van der Waals surface area (Å²) in [4.78, 5) is 26.3. The summed E-state index contributed by atoms with van der Waals surface area (Å²) in [6.45, 7) is 4.03. The number of carbonyl (C=O) groups is 2.